The first-order valence-electron chi connectivity index (χ1n) is 12.0. The summed E-state index contributed by atoms with van der Waals surface area (Å²) < 4.78 is 5.77. The van der Waals surface area contributed by atoms with Gasteiger partial charge in [0.05, 0.1) is 10.0 Å². The van der Waals surface area contributed by atoms with E-state index in [1.165, 1.54) is 12.0 Å². The van der Waals surface area contributed by atoms with Gasteiger partial charge in [0.25, 0.3) is 5.91 Å². The van der Waals surface area contributed by atoms with Crippen molar-refractivity contribution in [3.63, 3.8) is 0 Å². The summed E-state index contributed by atoms with van der Waals surface area (Å²) in [6.45, 7) is 6.07. The summed E-state index contributed by atoms with van der Waals surface area (Å²) in [4.78, 5) is 27.8. The van der Waals surface area contributed by atoms with Gasteiger partial charge in [-0.1, -0.05) is 74.5 Å². The van der Waals surface area contributed by atoms with E-state index in [0.717, 1.165) is 31.2 Å². The number of hydrogen-bond acceptors (Lipinski definition) is 3. The maximum absolute atomic E-state index is 13.2. The Balaban J connectivity index is 1.71. The Morgan fingerprint density at radius 3 is 2.29 bits per heavy atom. The van der Waals surface area contributed by atoms with Crippen molar-refractivity contribution in [1.29, 1.82) is 0 Å². The molecule has 34 heavy (non-hydrogen) atoms. The van der Waals surface area contributed by atoms with E-state index in [0.29, 0.717) is 21.7 Å². The molecule has 2 aromatic rings. The van der Waals surface area contributed by atoms with Gasteiger partial charge in [-0.25, -0.2) is 0 Å². The topological polar surface area (TPSA) is 58.6 Å². The summed E-state index contributed by atoms with van der Waals surface area (Å²) in [7, 11) is 0. The number of hydrogen-bond donors (Lipinski definition) is 1. The molecule has 1 unspecified atom stereocenters. The maximum Gasteiger partial charge on any atom is 0.261 e. The van der Waals surface area contributed by atoms with Crippen LogP contribution in [0.4, 0.5) is 0 Å². The molecule has 1 aliphatic carbocycles. The van der Waals surface area contributed by atoms with Gasteiger partial charge < -0.3 is 15.0 Å². The number of rotatable bonds is 9. The second kappa shape index (κ2) is 12.5. The highest BCUT2D eigenvalue weighted by Crippen LogP contribution is 2.24. The molecule has 0 spiro atoms. The molecule has 7 heteroatoms. The Hall–Kier alpha value is -2.24. The molecule has 1 aliphatic rings. The summed E-state index contributed by atoms with van der Waals surface area (Å²) in [6, 6.07) is 12.5. The smallest absolute Gasteiger partial charge is 0.261 e. The number of ether oxygens (including phenoxy) is 1. The first-order valence-corrected chi connectivity index (χ1v) is 12.8. The van der Waals surface area contributed by atoms with Crippen LogP contribution < -0.4 is 10.1 Å². The zero-order valence-electron chi connectivity index (χ0n) is 20.2. The van der Waals surface area contributed by atoms with Crippen LogP contribution in [0.2, 0.25) is 10.0 Å². The monoisotopic (exact) mass is 504 g/mol. The Kier molecular flexibility index (Phi) is 9.66. The molecule has 2 amide bonds. The molecule has 0 aliphatic heterocycles. The maximum atomic E-state index is 13.2. The minimum Gasteiger partial charge on any atom is -0.484 e. The standard InChI is InChI=1S/C27H34Cl2N2O3/c1-18(2)21-10-12-23(13-11-21)34-17-26(32)31(16-20-9-14-24(28)25(29)15-20)19(3)27(33)30-22-7-5-4-6-8-22/h9-15,18-19,22H,4-8,16-17H2,1-3H3,(H,30,33). The van der Waals surface area contributed by atoms with E-state index in [1.54, 1.807) is 24.0 Å². The largest absolute Gasteiger partial charge is 0.484 e. The Morgan fingerprint density at radius 1 is 1.00 bits per heavy atom. The number of carbonyl (C=O) groups excluding carboxylic acids is 2. The highest BCUT2D eigenvalue weighted by atomic mass is 35.5. The summed E-state index contributed by atoms with van der Waals surface area (Å²) in [5.74, 6) is 0.611. The number of nitrogens with zero attached hydrogens (tertiary/aromatic N) is 1. The molecule has 0 heterocycles. The summed E-state index contributed by atoms with van der Waals surface area (Å²) in [5, 5.41) is 3.98. The van der Waals surface area contributed by atoms with Crippen LogP contribution >= 0.6 is 23.2 Å². The molecule has 1 fully saturated rings. The molecule has 1 N–H and O–H groups in total. The van der Waals surface area contributed by atoms with Crippen molar-refractivity contribution in [2.45, 2.75) is 77.4 Å². The molecule has 0 saturated heterocycles. The van der Waals surface area contributed by atoms with Crippen molar-refractivity contribution >= 4 is 35.0 Å². The van der Waals surface area contributed by atoms with E-state index in [-0.39, 0.29) is 31.0 Å². The van der Waals surface area contributed by atoms with Gasteiger partial charge in [-0.2, -0.15) is 0 Å². The van der Waals surface area contributed by atoms with Gasteiger partial charge >= 0.3 is 0 Å². The minimum atomic E-state index is -0.657. The van der Waals surface area contributed by atoms with Crippen LogP contribution in [-0.2, 0) is 16.1 Å². The second-order valence-corrected chi connectivity index (χ2v) is 10.1. The summed E-state index contributed by atoms with van der Waals surface area (Å²) in [6.07, 6.45) is 5.41. The highest BCUT2D eigenvalue weighted by molar-refractivity contribution is 6.42. The fourth-order valence-electron chi connectivity index (χ4n) is 4.16. The van der Waals surface area contributed by atoms with Gasteiger partial charge in [0.1, 0.15) is 11.8 Å². The average molecular weight is 505 g/mol. The van der Waals surface area contributed by atoms with E-state index in [9.17, 15) is 9.59 Å². The first kappa shape index (κ1) is 26.4. The molecule has 0 aromatic heterocycles. The third-order valence-electron chi connectivity index (χ3n) is 6.36. The fourth-order valence-corrected chi connectivity index (χ4v) is 4.48. The Labute approximate surface area is 212 Å². The molecule has 1 atom stereocenters. The van der Waals surface area contributed by atoms with Gasteiger partial charge in [-0.05, 0) is 61.1 Å². The third-order valence-corrected chi connectivity index (χ3v) is 7.10. The highest BCUT2D eigenvalue weighted by Gasteiger charge is 2.28. The van der Waals surface area contributed by atoms with Crippen LogP contribution in [0, 0.1) is 0 Å². The van der Waals surface area contributed by atoms with Gasteiger partial charge in [-0.3, -0.25) is 9.59 Å². The van der Waals surface area contributed by atoms with Crippen LogP contribution in [0.3, 0.4) is 0 Å². The van der Waals surface area contributed by atoms with Crippen LogP contribution in [0.1, 0.15) is 69.9 Å². The van der Waals surface area contributed by atoms with Crippen LogP contribution in [0.5, 0.6) is 5.75 Å². The zero-order chi connectivity index (χ0) is 24.7. The lowest BCUT2D eigenvalue weighted by atomic mass is 9.95. The lowest BCUT2D eigenvalue weighted by molar-refractivity contribution is -0.142. The van der Waals surface area contributed by atoms with Crippen LogP contribution in [0.25, 0.3) is 0 Å². The molecule has 184 valence electrons. The first-order chi connectivity index (χ1) is 16.2. The van der Waals surface area contributed by atoms with Crippen molar-refractivity contribution in [3.8, 4) is 5.75 Å². The second-order valence-electron chi connectivity index (χ2n) is 9.30. The van der Waals surface area contributed by atoms with Crippen molar-refractivity contribution < 1.29 is 14.3 Å². The predicted octanol–water partition coefficient (Wildman–Crippen LogP) is 6.36. The number of carbonyl (C=O) groups is 2. The molecular formula is C27H34Cl2N2O3. The minimum absolute atomic E-state index is 0.151. The molecule has 0 radical (unpaired) electrons. The molecule has 2 aromatic carbocycles. The molecule has 3 rings (SSSR count). The van der Waals surface area contributed by atoms with Crippen molar-refractivity contribution in [2.24, 2.45) is 0 Å². The third kappa shape index (κ3) is 7.38. The number of amides is 2. The SMILES string of the molecule is CC(C)c1ccc(OCC(=O)N(Cc2ccc(Cl)c(Cl)c2)C(C)C(=O)NC2CCCCC2)cc1. The number of halogens is 2. The Morgan fingerprint density at radius 2 is 1.68 bits per heavy atom. The van der Waals surface area contributed by atoms with Gasteiger partial charge in [0, 0.05) is 12.6 Å². The van der Waals surface area contributed by atoms with Crippen molar-refractivity contribution in [3.05, 3.63) is 63.6 Å². The van der Waals surface area contributed by atoms with Gasteiger partial charge in [0.2, 0.25) is 5.91 Å². The van der Waals surface area contributed by atoms with E-state index in [2.05, 4.69) is 19.2 Å². The Bertz CT molecular complexity index is 972. The van der Waals surface area contributed by atoms with Crippen LogP contribution in [0.15, 0.2) is 42.5 Å². The fraction of sp³-hybridized carbons (Fsp3) is 0.481. The summed E-state index contributed by atoms with van der Waals surface area (Å²) >= 11 is 12.2. The van der Waals surface area contributed by atoms with E-state index >= 15 is 0 Å². The number of nitrogens with one attached hydrogen (secondary N) is 1. The van der Waals surface area contributed by atoms with Gasteiger partial charge in [0.15, 0.2) is 6.61 Å². The van der Waals surface area contributed by atoms with E-state index in [1.807, 2.05) is 30.3 Å². The molecule has 1 saturated carbocycles. The summed E-state index contributed by atoms with van der Waals surface area (Å²) in [5.41, 5.74) is 1.99. The molecule has 5 nitrogen and oxygen atoms in total. The lowest BCUT2D eigenvalue weighted by Gasteiger charge is -2.31. The van der Waals surface area contributed by atoms with E-state index in [4.69, 9.17) is 27.9 Å². The van der Waals surface area contributed by atoms with E-state index < -0.39 is 6.04 Å². The predicted molar refractivity (Wildman–Crippen MR) is 138 cm³/mol. The lowest BCUT2D eigenvalue weighted by Crippen LogP contribution is -2.51. The quantitative estimate of drug-likeness (QED) is 0.431. The number of benzene rings is 2. The molecular weight excluding hydrogens is 471 g/mol. The normalized spacial score (nSPS) is 15.1. The molecule has 0 bridgehead atoms. The van der Waals surface area contributed by atoms with Crippen LogP contribution in [-0.4, -0.2) is 35.4 Å². The van der Waals surface area contributed by atoms with Crippen molar-refractivity contribution in [1.82, 2.24) is 10.2 Å². The van der Waals surface area contributed by atoms with Gasteiger partial charge in [-0.15, -0.1) is 0 Å². The average Bonchev–Trinajstić information content (AvgIpc) is 2.83. The van der Waals surface area contributed by atoms with Crippen molar-refractivity contribution in [2.75, 3.05) is 6.61 Å². The zero-order valence-corrected chi connectivity index (χ0v) is 21.7.